The zero-order valence-electron chi connectivity index (χ0n) is 33.8. The molecule has 11 aliphatic rings. The molecule has 2 aromatic rings. The molecule has 53 heavy (non-hydrogen) atoms. The number of hydrogen-bond donors (Lipinski definition) is 0. The Balaban J connectivity index is 0.00000133. The molecule has 8 bridgehead atoms. The molecule has 8 fully saturated rings. The Morgan fingerprint density at radius 1 is 0.566 bits per heavy atom. The van der Waals surface area contributed by atoms with E-state index >= 15 is 0 Å². The van der Waals surface area contributed by atoms with Crippen LogP contribution in [0.3, 0.4) is 0 Å². The molecule has 282 valence electrons. The molecule has 11 aliphatic carbocycles. The van der Waals surface area contributed by atoms with E-state index in [4.69, 9.17) is 0 Å². The van der Waals surface area contributed by atoms with Crippen molar-refractivity contribution in [3.05, 3.63) is 81.4 Å². The van der Waals surface area contributed by atoms with Gasteiger partial charge in [-0.2, -0.15) is 0 Å². The third kappa shape index (κ3) is 5.47. The summed E-state index contributed by atoms with van der Waals surface area (Å²) in [4.78, 5) is 0. The first-order chi connectivity index (χ1) is 23.7. The smallest absolute Gasteiger partial charge is 1.00 e. The Hall–Kier alpha value is -0.617. The van der Waals surface area contributed by atoms with E-state index in [0.717, 1.165) is 35.5 Å². The van der Waals surface area contributed by atoms with Crippen molar-refractivity contribution < 1.29 is 51.0 Å². The zero-order chi connectivity index (χ0) is 34.2. The van der Waals surface area contributed by atoms with Crippen LogP contribution in [0.15, 0.2) is 59.2 Å². The van der Waals surface area contributed by atoms with Gasteiger partial charge < -0.3 is 24.8 Å². The minimum Gasteiger partial charge on any atom is -1.00 e. The standard InChI is InChI=1S/C50H64.2ClH.Zr/c1-29-22-50(47(5,6)7,44-21-38(20-41(29)44)46(2,3)4)45-39-10-8-36(48-23-30-12-31(24-48)14-32(13-30)25-48)18-42(39)43-19-37(9-11-40(43)45)49-26-33-15-34(27-49)17-35(16-33)28-49;;;/h8-11,18-19,21,29-35,45H,12-17,20,22-28H2,1-7H3;2*1H;/q;;;+2/p-2. The molecule has 13 rings (SSSR count). The Labute approximate surface area is 353 Å². The van der Waals surface area contributed by atoms with Crippen molar-refractivity contribution in [3.63, 3.8) is 0 Å². The largest absolute Gasteiger partial charge is 2.00 e. The van der Waals surface area contributed by atoms with E-state index < -0.39 is 0 Å². The predicted molar refractivity (Wildman–Crippen MR) is 208 cm³/mol. The summed E-state index contributed by atoms with van der Waals surface area (Å²) in [5.74, 6) is 6.97. The second-order valence-corrected chi connectivity index (χ2v) is 22.8. The summed E-state index contributed by atoms with van der Waals surface area (Å²) in [6, 6.07) is 16.5. The van der Waals surface area contributed by atoms with Crippen LogP contribution in [-0.2, 0) is 37.0 Å². The van der Waals surface area contributed by atoms with E-state index in [1.165, 1.54) is 89.9 Å². The van der Waals surface area contributed by atoms with Gasteiger partial charge in [-0.05, 0) is 192 Å². The van der Waals surface area contributed by atoms with E-state index in [0.29, 0.717) is 22.7 Å². The van der Waals surface area contributed by atoms with Crippen molar-refractivity contribution in [2.75, 3.05) is 0 Å². The number of hydrogen-bond acceptors (Lipinski definition) is 0. The number of rotatable bonds is 3. The summed E-state index contributed by atoms with van der Waals surface area (Å²) in [7, 11) is 0. The second kappa shape index (κ2) is 12.7. The van der Waals surface area contributed by atoms with Crippen LogP contribution in [-0.4, -0.2) is 0 Å². The Bertz CT molecular complexity index is 1710. The number of benzene rings is 2. The van der Waals surface area contributed by atoms with Crippen molar-refractivity contribution in [1.82, 2.24) is 0 Å². The first kappa shape index (κ1) is 39.2. The molecule has 0 heterocycles. The van der Waals surface area contributed by atoms with E-state index in [1.807, 2.05) is 0 Å². The van der Waals surface area contributed by atoms with Crippen molar-refractivity contribution >= 4 is 0 Å². The van der Waals surface area contributed by atoms with Crippen molar-refractivity contribution in [3.8, 4) is 11.1 Å². The van der Waals surface area contributed by atoms with Gasteiger partial charge in [-0.1, -0.05) is 102 Å². The third-order valence-corrected chi connectivity index (χ3v) is 17.9. The molecule has 2 aromatic carbocycles. The molecule has 0 aromatic heterocycles. The molecule has 0 N–H and O–H groups in total. The normalized spacial score (nSPS) is 41.0. The zero-order valence-corrected chi connectivity index (χ0v) is 37.8. The third-order valence-electron chi connectivity index (χ3n) is 17.9. The van der Waals surface area contributed by atoms with Crippen LogP contribution in [0.5, 0.6) is 0 Å². The van der Waals surface area contributed by atoms with Gasteiger partial charge in [0.25, 0.3) is 0 Å². The SMILES string of the molecule is CC1CC(C2c3ccc(C45CC6CC(CC(C6)C4)C5)cc3-c3cc(C45CC6CC(CC(C6)C4)C5)ccc32)(C(C)(C)C)C2=C1CC(C(C)(C)C)=C2.[Cl-].[Cl-].[Zr+2]. The first-order valence-corrected chi connectivity index (χ1v) is 21.5. The quantitative estimate of drug-likeness (QED) is 0.301. The van der Waals surface area contributed by atoms with Crippen LogP contribution in [0.4, 0.5) is 0 Å². The van der Waals surface area contributed by atoms with E-state index in [9.17, 15) is 0 Å². The van der Waals surface area contributed by atoms with Crippen LogP contribution < -0.4 is 24.8 Å². The maximum Gasteiger partial charge on any atom is 2.00 e. The summed E-state index contributed by atoms with van der Waals surface area (Å²) >= 11 is 0. The summed E-state index contributed by atoms with van der Waals surface area (Å²) in [5, 5.41) is 0. The predicted octanol–water partition coefficient (Wildman–Crippen LogP) is 7.49. The van der Waals surface area contributed by atoms with Crippen LogP contribution in [0.25, 0.3) is 11.1 Å². The van der Waals surface area contributed by atoms with Crippen LogP contribution in [0.1, 0.15) is 167 Å². The molecule has 0 radical (unpaired) electrons. The molecular weight excluding hydrogens is 763 g/mol. The van der Waals surface area contributed by atoms with Gasteiger partial charge in [-0.3, -0.25) is 0 Å². The van der Waals surface area contributed by atoms with Crippen LogP contribution in [0, 0.1) is 57.7 Å². The molecule has 8 saturated carbocycles. The van der Waals surface area contributed by atoms with Gasteiger partial charge in [0.2, 0.25) is 0 Å². The topological polar surface area (TPSA) is 0 Å². The summed E-state index contributed by atoms with van der Waals surface area (Å²) in [5.41, 5.74) is 16.6. The fourth-order valence-corrected chi connectivity index (χ4v) is 16.5. The minimum absolute atomic E-state index is 0. The van der Waals surface area contributed by atoms with Gasteiger partial charge in [0.15, 0.2) is 0 Å². The average molecular weight is 827 g/mol. The molecule has 2 atom stereocenters. The Kier molecular flexibility index (Phi) is 9.39. The Morgan fingerprint density at radius 3 is 1.32 bits per heavy atom. The molecule has 0 amide bonds. The number of allylic oxidation sites excluding steroid dienone is 4. The van der Waals surface area contributed by atoms with E-state index in [1.54, 1.807) is 50.1 Å². The van der Waals surface area contributed by atoms with Gasteiger partial charge in [-0.25, -0.2) is 0 Å². The fraction of sp³-hybridized carbons (Fsp3) is 0.680. The molecule has 0 aliphatic heterocycles. The van der Waals surface area contributed by atoms with Crippen molar-refractivity contribution in [1.29, 1.82) is 0 Å². The maximum atomic E-state index is 2.83. The molecule has 0 spiro atoms. The summed E-state index contributed by atoms with van der Waals surface area (Å²) in [6.07, 6.45) is 23.1. The average Bonchev–Trinajstić information content (AvgIpc) is 3.70. The maximum absolute atomic E-state index is 2.83. The minimum atomic E-state index is 0. The van der Waals surface area contributed by atoms with Gasteiger partial charge in [0, 0.05) is 11.3 Å². The van der Waals surface area contributed by atoms with Crippen LogP contribution >= 0.6 is 0 Å². The van der Waals surface area contributed by atoms with E-state index in [-0.39, 0.29) is 67.3 Å². The van der Waals surface area contributed by atoms with Gasteiger partial charge in [0.1, 0.15) is 0 Å². The molecule has 0 nitrogen and oxygen atoms in total. The van der Waals surface area contributed by atoms with E-state index in [2.05, 4.69) is 90.9 Å². The molecule has 0 saturated heterocycles. The van der Waals surface area contributed by atoms with Gasteiger partial charge >= 0.3 is 26.2 Å². The summed E-state index contributed by atoms with van der Waals surface area (Å²) in [6.45, 7) is 17.7. The molecule has 2 unspecified atom stereocenters. The summed E-state index contributed by atoms with van der Waals surface area (Å²) < 4.78 is 0. The van der Waals surface area contributed by atoms with Gasteiger partial charge in [0.05, 0.1) is 0 Å². The fourth-order valence-electron chi connectivity index (χ4n) is 16.5. The molecular formula is C50H64Cl2Zr. The molecule has 3 heteroatoms. The van der Waals surface area contributed by atoms with Crippen molar-refractivity contribution in [2.24, 2.45) is 57.7 Å². The Morgan fingerprint density at radius 2 is 0.962 bits per heavy atom. The first-order valence-electron chi connectivity index (χ1n) is 21.5. The van der Waals surface area contributed by atoms with Crippen molar-refractivity contribution in [2.45, 2.75) is 155 Å². The number of halogens is 2. The second-order valence-electron chi connectivity index (χ2n) is 22.8. The van der Waals surface area contributed by atoms with Gasteiger partial charge in [-0.15, -0.1) is 0 Å². The monoisotopic (exact) mass is 824 g/mol. The number of fused-ring (bicyclic) bond motifs is 3. The van der Waals surface area contributed by atoms with Crippen LogP contribution in [0.2, 0.25) is 0 Å².